The van der Waals surface area contributed by atoms with Crippen molar-refractivity contribution < 1.29 is 0 Å². The predicted molar refractivity (Wildman–Crippen MR) is 78.5 cm³/mol. The minimum Gasteiger partial charge on any atom is -0.329 e. The van der Waals surface area contributed by atoms with Crippen LogP contribution in [-0.2, 0) is 0 Å². The van der Waals surface area contributed by atoms with Crippen LogP contribution < -0.4 is 5.73 Å². The fraction of sp³-hybridized carbons (Fsp3) is 1.00. The molecule has 4 unspecified atom stereocenters. The van der Waals surface area contributed by atoms with E-state index in [0.717, 1.165) is 30.2 Å². The molecule has 0 saturated heterocycles. The molecule has 0 spiro atoms. The van der Waals surface area contributed by atoms with Crippen molar-refractivity contribution in [3.63, 3.8) is 0 Å². The zero-order chi connectivity index (χ0) is 13.3. The van der Waals surface area contributed by atoms with Crippen molar-refractivity contribution in [1.29, 1.82) is 0 Å². The number of nitrogens with zero attached hydrogens (tertiary/aromatic N) is 1. The van der Waals surface area contributed by atoms with Crippen molar-refractivity contribution >= 4 is 0 Å². The highest BCUT2D eigenvalue weighted by molar-refractivity contribution is 5.01. The first-order valence-corrected chi connectivity index (χ1v) is 7.92. The molecular formula is C16H32N2. The Balaban J connectivity index is 2.09. The first kappa shape index (κ1) is 14.3. The van der Waals surface area contributed by atoms with Gasteiger partial charge in [-0.25, -0.2) is 0 Å². The first-order chi connectivity index (χ1) is 8.51. The van der Waals surface area contributed by atoms with E-state index in [-0.39, 0.29) is 5.54 Å². The summed E-state index contributed by atoms with van der Waals surface area (Å²) in [5.74, 6) is 3.43. The van der Waals surface area contributed by atoms with Crippen LogP contribution in [0, 0.1) is 23.7 Å². The molecule has 2 aliphatic carbocycles. The van der Waals surface area contributed by atoms with Crippen LogP contribution in [-0.4, -0.2) is 30.6 Å². The summed E-state index contributed by atoms with van der Waals surface area (Å²) in [5, 5.41) is 0. The van der Waals surface area contributed by atoms with E-state index in [1.165, 1.54) is 38.6 Å². The lowest BCUT2D eigenvalue weighted by Gasteiger charge is -2.51. The van der Waals surface area contributed by atoms with Crippen LogP contribution in [0.25, 0.3) is 0 Å². The highest BCUT2D eigenvalue weighted by atomic mass is 15.2. The van der Waals surface area contributed by atoms with Crippen LogP contribution in [0.2, 0.25) is 0 Å². The normalized spacial score (nSPS) is 40.5. The van der Waals surface area contributed by atoms with Crippen LogP contribution in [0.15, 0.2) is 0 Å². The standard InChI is InChI=1S/C16H32N2/c1-12(2)15-7-5-6-8-16(15,11-17)18(4)10-14-9-13(14)3/h12-15H,5-11,17H2,1-4H3. The van der Waals surface area contributed by atoms with Crippen molar-refractivity contribution in [3.8, 4) is 0 Å². The minimum atomic E-state index is 0.286. The maximum atomic E-state index is 6.26. The number of nitrogens with two attached hydrogens (primary N) is 1. The Bertz CT molecular complexity index is 276. The average molecular weight is 252 g/mol. The summed E-state index contributed by atoms with van der Waals surface area (Å²) < 4.78 is 0. The van der Waals surface area contributed by atoms with Gasteiger partial charge in [0.25, 0.3) is 0 Å². The predicted octanol–water partition coefficient (Wildman–Crippen LogP) is 3.12. The Morgan fingerprint density at radius 2 is 2.00 bits per heavy atom. The van der Waals surface area contributed by atoms with E-state index in [1.807, 2.05) is 0 Å². The molecule has 0 aliphatic heterocycles. The summed E-state index contributed by atoms with van der Waals surface area (Å²) in [6.07, 6.45) is 6.88. The van der Waals surface area contributed by atoms with Gasteiger partial charge in [-0.05, 0) is 50.0 Å². The highest BCUT2D eigenvalue weighted by Crippen LogP contribution is 2.44. The van der Waals surface area contributed by atoms with Crippen molar-refractivity contribution in [2.24, 2.45) is 29.4 Å². The molecule has 2 heteroatoms. The quantitative estimate of drug-likeness (QED) is 0.814. The topological polar surface area (TPSA) is 29.3 Å². The molecule has 0 aromatic rings. The van der Waals surface area contributed by atoms with Gasteiger partial charge in [-0.1, -0.05) is 33.6 Å². The molecule has 0 aromatic heterocycles. The molecule has 106 valence electrons. The third kappa shape index (κ3) is 2.60. The lowest BCUT2D eigenvalue weighted by Crippen LogP contribution is -2.60. The van der Waals surface area contributed by atoms with Gasteiger partial charge < -0.3 is 5.73 Å². The third-order valence-electron chi connectivity index (χ3n) is 5.77. The summed E-state index contributed by atoms with van der Waals surface area (Å²) in [4.78, 5) is 2.64. The smallest absolute Gasteiger partial charge is 0.0359 e. The van der Waals surface area contributed by atoms with E-state index in [0.29, 0.717) is 0 Å². The second kappa shape index (κ2) is 5.50. The second-order valence-electron chi connectivity index (χ2n) is 7.26. The molecule has 0 aromatic carbocycles. The summed E-state index contributed by atoms with van der Waals surface area (Å²) in [7, 11) is 2.33. The van der Waals surface area contributed by atoms with Gasteiger partial charge in [-0.2, -0.15) is 0 Å². The van der Waals surface area contributed by atoms with Gasteiger partial charge in [-0.3, -0.25) is 4.90 Å². The third-order valence-corrected chi connectivity index (χ3v) is 5.77. The largest absolute Gasteiger partial charge is 0.329 e. The van der Waals surface area contributed by atoms with Crippen LogP contribution in [0.3, 0.4) is 0 Å². The Hall–Kier alpha value is -0.0800. The van der Waals surface area contributed by atoms with E-state index in [1.54, 1.807) is 0 Å². The molecule has 2 saturated carbocycles. The molecule has 2 fully saturated rings. The maximum absolute atomic E-state index is 6.26. The van der Waals surface area contributed by atoms with Crippen molar-refractivity contribution in [2.45, 2.75) is 58.4 Å². The summed E-state index contributed by atoms with van der Waals surface area (Å²) in [6, 6.07) is 0. The number of likely N-dealkylation sites (N-methyl/N-ethyl adjacent to an activating group) is 1. The van der Waals surface area contributed by atoms with Gasteiger partial charge in [0.15, 0.2) is 0 Å². The molecule has 4 atom stereocenters. The molecule has 2 N–H and O–H groups in total. The number of hydrogen-bond donors (Lipinski definition) is 1. The molecule has 2 nitrogen and oxygen atoms in total. The van der Waals surface area contributed by atoms with Gasteiger partial charge in [0, 0.05) is 18.6 Å². The average Bonchev–Trinajstić information content (AvgIpc) is 3.04. The van der Waals surface area contributed by atoms with Gasteiger partial charge in [0.1, 0.15) is 0 Å². The maximum Gasteiger partial charge on any atom is 0.0359 e. The molecular weight excluding hydrogens is 220 g/mol. The highest BCUT2D eigenvalue weighted by Gasteiger charge is 2.46. The number of hydrogen-bond acceptors (Lipinski definition) is 2. The fourth-order valence-electron chi connectivity index (χ4n) is 4.27. The van der Waals surface area contributed by atoms with Crippen molar-refractivity contribution in [3.05, 3.63) is 0 Å². The van der Waals surface area contributed by atoms with E-state index in [9.17, 15) is 0 Å². The van der Waals surface area contributed by atoms with E-state index in [4.69, 9.17) is 5.73 Å². The van der Waals surface area contributed by atoms with Crippen LogP contribution in [0.5, 0.6) is 0 Å². The van der Waals surface area contributed by atoms with Crippen molar-refractivity contribution in [2.75, 3.05) is 20.1 Å². The Morgan fingerprint density at radius 3 is 2.50 bits per heavy atom. The van der Waals surface area contributed by atoms with Crippen LogP contribution >= 0.6 is 0 Å². The zero-order valence-electron chi connectivity index (χ0n) is 12.8. The van der Waals surface area contributed by atoms with Gasteiger partial charge in [-0.15, -0.1) is 0 Å². The van der Waals surface area contributed by atoms with Crippen LogP contribution in [0.4, 0.5) is 0 Å². The summed E-state index contributed by atoms with van der Waals surface area (Å²) >= 11 is 0. The zero-order valence-corrected chi connectivity index (χ0v) is 12.8. The van der Waals surface area contributed by atoms with E-state index < -0.39 is 0 Å². The molecule has 0 heterocycles. The van der Waals surface area contributed by atoms with Gasteiger partial charge >= 0.3 is 0 Å². The molecule has 0 radical (unpaired) electrons. The fourth-order valence-corrected chi connectivity index (χ4v) is 4.27. The van der Waals surface area contributed by atoms with Crippen molar-refractivity contribution in [1.82, 2.24) is 4.90 Å². The SMILES string of the molecule is CC(C)C1CCCCC1(CN)N(C)CC1CC1C. The Kier molecular flexibility index (Phi) is 4.38. The number of rotatable bonds is 5. The molecule has 0 amide bonds. The van der Waals surface area contributed by atoms with Crippen LogP contribution in [0.1, 0.15) is 52.9 Å². The van der Waals surface area contributed by atoms with Gasteiger partial charge in [0.05, 0.1) is 0 Å². The van der Waals surface area contributed by atoms with E-state index >= 15 is 0 Å². The Morgan fingerprint density at radius 1 is 1.33 bits per heavy atom. The molecule has 2 rings (SSSR count). The lowest BCUT2D eigenvalue weighted by molar-refractivity contribution is 0.0000288. The molecule has 2 aliphatic rings. The minimum absolute atomic E-state index is 0.286. The summed E-state index contributed by atoms with van der Waals surface area (Å²) in [5.41, 5.74) is 6.54. The monoisotopic (exact) mass is 252 g/mol. The first-order valence-electron chi connectivity index (χ1n) is 7.92. The summed E-state index contributed by atoms with van der Waals surface area (Å²) in [6.45, 7) is 9.26. The van der Waals surface area contributed by atoms with Gasteiger partial charge in [0.2, 0.25) is 0 Å². The molecule has 18 heavy (non-hydrogen) atoms. The Labute approximate surface area is 113 Å². The lowest BCUT2D eigenvalue weighted by atomic mass is 9.67. The molecule has 0 bridgehead atoms. The van der Waals surface area contributed by atoms with E-state index in [2.05, 4.69) is 32.7 Å². The second-order valence-corrected chi connectivity index (χ2v) is 7.26.